The summed E-state index contributed by atoms with van der Waals surface area (Å²) in [5, 5.41) is 11.7. The van der Waals surface area contributed by atoms with E-state index in [0.717, 1.165) is 45.5 Å². The number of fused-ring (bicyclic) bond motifs is 3. The molecule has 1 aliphatic heterocycles. The predicted molar refractivity (Wildman–Crippen MR) is 118 cm³/mol. The molecule has 2 atom stereocenters. The molecule has 1 fully saturated rings. The molecule has 30 heavy (non-hydrogen) atoms. The summed E-state index contributed by atoms with van der Waals surface area (Å²) in [6.45, 7) is 1.98. The molecular formula is C25H20N4O. The van der Waals surface area contributed by atoms with Gasteiger partial charge in [-0.1, -0.05) is 42.5 Å². The number of hydrogen-bond acceptors (Lipinski definition) is 3. The van der Waals surface area contributed by atoms with Gasteiger partial charge in [-0.3, -0.25) is 14.9 Å². The number of aromatic nitrogens is 3. The molecule has 5 nitrogen and oxygen atoms in total. The molecule has 0 radical (unpaired) electrons. The van der Waals surface area contributed by atoms with Gasteiger partial charge in [0.1, 0.15) is 0 Å². The zero-order valence-corrected chi connectivity index (χ0v) is 16.5. The Morgan fingerprint density at radius 3 is 2.87 bits per heavy atom. The Hall–Kier alpha value is -3.73. The predicted octanol–water partition coefficient (Wildman–Crippen LogP) is 4.81. The summed E-state index contributed by atoms with van der Waals surface area (Å²) in [5.74, 6) is 0.320. The lowest BCUT2D eigenvalue weighted by molar-refractivity contribution is -0.118. The largest absolute Gasteiger partial charge is 0.325 e. The molecule has 1 amide bonds. The van der Waals surface area contributed by atoms with Crippen LogP contribution >= 0.6 is 0 Å². The van der Waals surface area contributed by atoms with Crippen molar-refractivity contribution < 1.29 is 4.79 Å². The molecule has 5 heteroatoms. The summed E-state index contributed by atoms with van der Waals surface area (Å²) in [4.78, 5) is 17.1. The van der Waals surface area contributed by atoms with E-state index in [4.69, 9.17) is 0 Å². The average molecular weight is 392 g/mol. The number of carbonyl (C=O) groups excluding carboxylic acids is 1. The number of aryl methyl sites for hydroxylation is 1. The minimum absolute atomic E-state index is 0.119. The SMILES string of the molecule is Cc1ccc(/C=C/c2n[nH]c3cc(C4C[C@@]45C(=O)Nc4ccccc45)ccc23)cn1. The van der Waals surface area contributed by atoms with Crippen molar-refractivity contribution >= 4 is 34.6 Å². The first-order valence-corrected chi connectivity index (χ1v) is 10.1. The van der Waals surface area contributed by atoms with Crippen LogP contribution in [0.15, 0.2) is 60.8 Å². The topological polar surface area (TPSA) is 70.7 Å². The molecule has 1 aliphatic carbocycles. The van der Waals surface area contributed by atoms with Gasteiger partial charge in [-0.05, 0) is 54.3 Å². The van der Waals surface area contributed by atoms with Crippen LogP contribution in [0.2, 0.25) is 0 Å². The van der Waals surface area contributed by atoms with Crippen LogP contribution in [0.1, 0.15) is 40.4 Å². The molecule has 2 aromatic heterocycles. The minimum atomic E-state index is -0.411. The highest BCUT2D eigenvalue weighted by Crippen LogP contribution is 2.64. The van der Waals surface area contributed by atoms with Crippen LogP contribution in [0.25, 0.3) is 23.1 Å². The van der Waals surface area contributed by atoms with Crippen molar-refractivity contribution in [3.63, 3.8) is 0 Å². The quantitative estimate of drug-likeness (QED) is 0.525. The Kier molecular flexibility index (Phi) is 3.51. The van der Waals surface area contributed by atoms with Crippen LogP contribution in [0.5, 0.6) is 0 Å². The number of H-pyrrole nitrogens is 1. The standard InChI is InChI=1S/C25H20N4O/c1-15-6-7-16(14-26-15)8-11-21-18-10-9-17(12-23(18)29-28-21)20-13-25(20)19-4-2-3-5-22(19)27-24(25)30/h2-12,14,20H,13H2,1H3,(H,27,30)(H,28,29)/b11-8+/t20?,25-/m0/s1. The third kappa shape index (κ3) is 2.45. The zero-order valence-electron chi connectivity index (χ0n) is 16.5. The lowest BCUT2D eigenvalue weighted by atomic mass is 9.92. The van der Waals surface area contributed by atoms with Crippen molar-refractivity contribution in [3.8, 4) is 0 Å². The number of rotatable bonds is 3. The van der Waals surface area contributed by atoms with Gasteiger partial charge in [0.2, 0.25) is 5.91 Å². The first-order valence-electron chi connectivity index (χ1n) is 10.1. The van der Waals surface area contributed by atoms with Gasteiger partial charge in [0.15, 0.2) is 0 Å². The van der Waals surface area contributed by atoms with E-state index in [1.54, 1.807) is 0 Å². The van der Waals surface area contributed by atoms with Crippen molar-refractivity contribution in [2.45, 2.75) is 24.7 Å². The Balaban J connectivity index is 1.31. The summed E-state index contributed by atoms with van der Waals surface area (Å²) in [6, 6.07) is 18.5. The van der Waals surface area contributed by atoms with Gasteiger partial charge in [-0.15, -0.1) is 0 Å². The highest BCUT2D eigenvalue weighted by molar-refractivity contribution is 6.09. The number of aromatic amines is 1. The monoisotopic (exact) mass is 392 g/mol. The van der Waals surface area contributed by atoms with Crippen LogP contribution in [0, 0.1) is 6.92 Å². The van der Waals surface area contributed by atoms with Gasteiger partial charge in [0.05, 0.1) is 16.6 Å². The lowest BCUT2D eigenvalue weighted by Gasteiger charge is -2.08. The molecule has 1 saturated carbocycles. The van der Waals surface area contributed by atoms with Gasteiger partial charge >= 0.3 is 0 Å². The summed E-state index contributed by atoms with van der Waals surface area (Å²) < 4.78 is 0. The van der Waals surface area contributed by atoms with E-state index in [-0.39, 0.29) is 11.8 Å². The third-order valence-electron chi connectivity index (χ3n) is 6.41. The molecular weight excluding hydrogens is 372 g/mol. The molecule has 2 aromatic carbocycles. The molecule has 0 bridgehead atoms. The number of hydrogen-bond donors (Lipinski definition) is 2. The number of para-hydroxylation sites is 1. The number of nitrogens with one attached hydrogen (secondary N) is 2. The Bertz CT molecular complexity index is 1340. The van der Waals surface area contributed by atoms with Gasteiger partial charge in [0.25, 0.3) is 0 Å². The second kappa shape index (κ2) is 6.13. The van der Waals surface area contributed by atoms with E-state index in [1.807, 2.05) is 55.6 Å². The van der Waals surface area contributed by atoms with Crippen molar-refractivity contribution in [2.75, 3.05) is 5.32 Å². The number of benzene rings is 2. The fraction of sp³-hybridized carbons (Fsp3) is 0.160. The fourth-order valence-electron chi connectivity index (χ4n) is 4.71. The molecule has 146 valence electrons. The van der Waals surface area contributed by atoms with E-state index < -0.39 is 5.41 Å². The van der Waals surface area contributed by atoms with Crippen LogP contribution in [-0.4, -0.2) is 21.1 Å². The lowest BCUT2D eigenvalue weighted by Crippen LogP contribution is -2.20. The second-order valence-corrected chi connectivity index (χ2v) is 8.21. The van der Waals surface area contributed by atoms with Crippen molar-refractivity contribution in [3.05, 3.63) is 88.9 Å². The van der Waals surface area contributed by atoms with Gasteiger partial charge in [-0.2, -0.15) is 5.10 Å². The Morgan fingerprint density at radius 2 is 2.00 bits per heavy atom. The van der Waals surface area contributed by atoms with Crippen molar-refractivity contribution in [2.24, 2.45) is 0 Å². The minimum Gasteiger partial charge on any atom is -0.325 e. The fourth-order valence-corrected chi connectivity index (χ4v) is 4.71. The van der Waals surface area contributed by atoms with E-state index >= 15 is 0 Å². The first-order chi connectivity index (χ1) is 14.6. The molecule has 1 unspecified atom stereocenters. The van der Waals surface area contributed by atoms with Crippen LogP contribution in [-0.2, 0) is 10.2 Å². The third-order valence-corrected chi connectivity index (χ3v) is 6.41. The van der Waals surface area contributed by atoms with Gasteiger partial charge in [-0.25, -0.2) is 0 Å². The highest BCUT2D eigenvalue weighted by Gasteiger charge is 2.65. The summed E-state index contributed by atoms with van der Waals surface area (Å²) >= 11 is 0. The molecule has 0 saturated heterocycles. The number of amides is 1. The number of pyridine rings is 1. The Morgan fingerprint density at radius 1 is 1.10 bits per heavy atom. The van der Waals surface area contributed by atoms with Crippen LogP contribution < -0.4 is 5.32 Å². The van der Waals surface area contributed by atoms with Gasteiger partial charge in [0, 0.05) is 28.9 Å². The molecule has 4 aromatic rings. The molecule has 3 heterocycles. The molecule has 1 spiro atoms. The van der Waals surface area contributed by atoms with Crippen molar-refractivity contribution in [1.29, 1.82) is 0 Å². The normalized spacial score (nSPS) is 22.0. The smallest absolute Gasteiger partial charge is 0.235 e. The van der Waals surface area contributed by atoms with E-state index in [2.05, 4.69) is 44.8 Å². The number of carbonyl (C=O) groups is 1. The second-order valence-electron chi connectivity index (χ2n) is 8.21. The van der Waals surface area contributed by atoms with Gasteiger partial charge < -0.3 is 5.32 Å². The number of anilines is 1. The van der Waals surface area contributed by atoms with E-state index in [0.29, 0.717) is 0 Å². The summed E-state index contributed by atoms with van der Waals surface area (Å²) in [5.41, 5.74) is 6.77. The number of nitrogens with zero attached hydrogens (tertiary/aromatic N) is 2. The van der Waals surface area contributed by atoms with E-state index in [9.17, 15) is 4.79 Å². The molecule has 6 rings (SSSR count). The highest BCUT2D eigenvalue weighted by atomic mass is 16.2. The maximum atomic E-state index is 12.8. The summed E-state index contributed by atoms with van der Waals surface area (Å²) in [7, 11) is 0. The van der Waals surface area contributed by atoms with Crippen LogP contribution in [0.4, 0.5) is 5.69 Å². The maximum absolute atomic E-state index is 12.8. The van der Waals surface area contributed by atoms with Crippen LogP contribution in [0.3, 0.4) is 0 Å². The maximum Gasteiger partial charge on any atom is 0.235 e. The Labute approximate surface area is 173 Å². The molecule has 2 aliphatic rings. The zero-order chi connectivity index (χ0) is 20.3. The van der Waals surface area contributed by atoms with Crippen molar-refractivity contribution in [1.82, 2.24) is 15.2 Å². The van der Waals surface area contributed by atoms with E-state index in [1.165, 1.54) is 5.56 Å². The first kappa shape index (κ1) is 17.2. The average Bonchev–Trinajstić information content (AvgIpc) is 3.30. The molecule has 2 N–H and O–H groups in total. The summed E-state index contributed by atoms with van der Waals surface area (Å²) in [6.07, 6.45) is 6.73.